The fraction of sp³-hybridized carbons (Fsp3) is 0.192. The number of nitrogens with one attached hydrogen (secondary N) is 1. The van der Waals surface area contributed by atoms with Gasteiger partial charge in [0.2, 0.25) is 5.91 Å². The summed E-state index contributed by atoms with van der Waals surface area (Å²) in [4.78, 5) is 18.3. The van der Waals surface area contributed by atoms with Crippen molar-refractivity contribution in [2.75, 3.05) is 18.8 Å². The summed E-state index contributed by atoms with van der Waals surface area (Å²) in [5, 5.41) is 7.77. The Morgan fingerprint density at radius 2 is 1.88 bits per heavy atom. The summed E-state index contributed by atoms with van der Waals surface area (Å²) in [5.41, 5.74) is 8.30. The number of para-hydroxylation sites is 1. The first-order valence-electron chi connectivity index (χ1n) is 10.7. The van der Waals surface area contributed by atoms with Gasteiger partial charge in [0.25, 0.3) is 0 Å². The molecule has 1 amide bonds. The van der Waals surface area contributed by atoms with Gasteiger partial charge in [0, 0.05) is 48.1 Å². The van der Waals surface area contributed by atoms with Gasteiger partial charge in [-0.3, -0.25) is 9.78 Å². The molecular formula is C26H25FN4O2. The number of piperidine rings is 1. The molecule has 1 saturated heterocycles. The van der Waals surface area contributed by atoms with Crippen LogP contribution < -0.4 is 10.5 Å². The van der Waals surface area contributed by atoms with Gasteiger partial charge in [-0.05, 0) is 49.2 Å². The van der Waals surface area contributed by atoms with Crippen LogP contribution in [0, 0.1) is 11.2 Å². The van der Waals surface area contributed by atoms with Crippen LogP contribution in [0.3, 0.4) is 0 Å². The van der Waals surface area contributed by atoms with Crippen molar-refractivity contribution in [2.24, 2.45) is 0 Å². The molecule has 6 nitrogen and oxygen atoms in total. The lowest BCUT2D eigenvalue weighted by Gasteiger charge is -2.31. The van der Waals surface area contributed by atoms with Gasteiger partial charge in [-0.25, -0.2) is 4.39 Å². The molecule has 2 heterocycles. The molecular weight excluding hydrogens is 419 g/mol. The van der Waals surface area contributed by atoms with E-state index >= 15 is 4.39 Å². The maximum Gasteiger partial charge on any atom is 0.245 e. The summed E-state index contributed by atoms with van der Waals surface area (Å²) >= 11 is 0. The summed E-state index contributed by atoms with van der Waals surface area (Å²) < 4.78 is 20.8. The second kappa shape index (κ2) is 9.65. The Bertz CT molecular complexity index is 1190. The Morgan fingerprint density at radius 3 is 2.52 bits per heavy atom. The highest BCUT2D eigenvalue weighted by Crippen LogP contribution is 2.35. The average Bonchev–Trinajstić information content (AvgIpc) is 2.85. The molecule has 0 spiro atoms. The van der Waals surface area contributed by atoms with E-state index in [2.05, 4.69) is 6.58 Å². The van der Waals surface area contributed by atoms with Crippen LogP contribution in [0.2, 0.25) is 0 Å². The van der Waals surface area contributed by atoms with Crippen LogP contribution in [-0.4, -0.2) is 35.1 Å². The third-order valence-electron chi connectivity index (χ3n) is 5.84. The first-order chi connectivity index (χ1) is 16.0. The Balaban J connectivity index is 1.63. The molecule has 0 bridgehead atoms. The molecule has 0 radical (unpaired) electrons. The van der Waals surface area contributed by atoms with Crippen LogP contribution in [0.25, 0.3) is 11.3 Å². The van der Waals surface area contributed by atoms with Gasteiger partial charge < -0.3 is 20.8 Å². The Kier molecular flexibility index (Phi) is 6.49. The maximum absolute atomic E-state index is 15.1. The molecule has 0 saturated carbocycles. The Morgan fingerprint density at radius 1 is 1.15 bits per heavy atom. The number of carbonyl (C=O) groups excluding carboxylic acids is 1. The van der Waals surface area contributed by atoms with Crippen LogP contribution >= 0.6 is 0 Å². The molecule has 2 aromatic carbocycles. The lowest BCUT2D eigenvalue weighted by Crippen LogP contribution is -2.37. The first kappa shape index (κ1) is 22.2. The van der Waals surface area contributed by atoms with Gasteiger partial charge in [0.05, 0.1) is 11.4 Å². The van der Waals surface area contributed by atoms with Gasteiger partial charge in [-0.2, -0.15) is 0 Å². The number of aromatic nitrogens is 1. The molecule has 3 N–H and O–H groups in total. The quantitative estimate of drug-likeness (QED) is 0.406. The van der Waals surface area contributed by atoms with E-state index in [4.69, 9.17) is 20.9 Å². The molecule has 1 aliphatic rings. The molecule has 7 heteroatoms. The van der Waals surface area contributed by atoms with E-state index in [0.29, 0.717) is 35.8 Å². The lowest BCUT2D eigenvalue weighted by atomic mass is 9.91. The van der Waals surface area contributed by atoms with Crippen molar-refractivity contribution < 1.29 is 13.9 Å². The van der Waals surface area contributed by atoms with Crippen LogP contribution in [0.4, 0.5) is 10.1 Å². The SMILES string of the molecule is C=CC(=O)N1CCC(c2cc(C=N)c(N)c(-c3ccc(Oc4ccccc4)cc3F)n2)CC1. The van der Waals surface area contributed by atoms with Crippen molar-refractivity contribution >= 4 is 17.8 Å². The van der Waals surface area contributed by atoms with Crippen LogP contribution in [0.15, 0.2) is 67.3 Å². The van der Waals surface area contributed by atoms with Gasteiger partial charge in [-0.15, -0.1) is 0 Å². The number of nitrogen functional groups attached to an aromatic ring is 1. The summed E-state index contributed by atoms with van der Waals surface area (Å²) in [7, 11) is 0. The van der Waals surface area contributed by atoms with E-state index in [0.717, 1.165) is 24.8 Å². The monoisotopic (exact) mass is 444 g/mol. The number of halogens is 1. The minimum absolute atomic E-state index is 0.0838. The summed E-state index contributed by atoms with van der Waals surface area (Å²) in [6, 6.07) is 15.5. The highest BCUT2D eigenvalue weighted by atomic mass is 19.1. The van der Waals surface area contributed by atoms with Gasteiger partial charge in [0.15, 0.2) is 0 Å². The predicted octanol–water partition coefficient (Wildman–Crippen LogP) is 5.15. The number of hydrogen-bond acceptors (Lipinski definition) is 5. The molecule has 0 atom stereocenters. The second-order valence-electron chi connectivity index (χ2n) is 7.90. The summed E-state index contributed by atoms with van der Waals surface area (Å²) in [6.45, 7) is 4.73. The zero-order valence-corrected chi connectivity index (χ0v) is 18.1. The molecule has 168 valence electrons. The van der Waals surface area contributed by atoms with Crippen LogP contribution in [-0.2, 0) is 4.79 Å². The summed E-state index contributed by atoms with van der Waals surface area (Å²) in [6.07, 6.45) is 3.92. The molecule has 4 rings (SSSR count). The van der Waals surface area contributed by atoms with E-state index < -0.39 is 5.82 Å². The first-order valence-corrected chi connectivity index (χ1v) is 10.7. The van der Waals surface area contributed by atoms with E-state index in [-0.39, 0.29) is 23.1 Å². The molecule has 33 heavy (non-hydrogen) atoms. The predicted molar refractivity (Wildman–Crippen MR) is 127 cm³/mol. The number of nitrogens with zero attached hydrogens (tertiary/aromatic N) is 2. The lowest BCUT2D eigenvalue weighted by molar-refractivity contribution is -0.127. The van der Waals surface area contributed by atoms with Crippen LogP contribution in [0.1, 0.15) is 30.0 Å². The maximum atomic E-state index is 15.1. The number of nitrogens with two attached hydrogens (primary N) is 1. The molecule has 1 fully saturated rings. The highest BCUT2D eigenvalue weighted by molar-refractivity contribution is 5.91. The largest absolute Gasteiger partial charge is 0.457 e. The number of pyridine rings is 1. The van der Waals surface area contributed by atoms with Crippen molar-refractivity contribution in [3.63, 3.8) is 0 Å². The van der Waals surface area contributed by atoms with Crippen molar-refractivity contribution in [3.05, 3.63) is 84.3 Å². The molecule has 0 unspecified atom stereocenters. The standard InChI is InChI=1S/C26H25FN4O2/c1-2-24(32)31-12-10-17(11-13-31)23-14-18(16-28)25(29)26(30-23)21-9-8-20(15-22(21)27)33-19-6-4-3-5-7-19/h2-9,14-17,28H,1,10-13,29H2. The topological polar surface area (TPSA) is 92.3 Å². The third-order valence-corrected chi connectivity index (χ3v) is 5.84. The molecule has 0 aliphatic carbocycles. The van der Waals surface area contributed by atoms with Crippen molar-refractivity contribution in [2.45, 2.75) is 18.8 Å². The van der Waals surface area contributed by atoms with Gasteiger partial charge >= 0.3 is 0 Å². The van der Waals surface area contributed by atoms with Gasteiger partial charge in [-0.1, -0.05) is 24.8 Å². The fourth-order valence-corrected chi connectivity index (χ4v) is 4.03. The highest BCUT2D eigenvalue weighted by Gasteiger charge is 2.25. The number of likely N-dealkylation sites (tertiary alicyclic amines) is 1. The average molecular weight is 445 g/mol. The van der Waals surface area contributed by atoms with Crippen molar-refractivity contribution in [1.82, 2.24) is 9.88 Å². The Hall–Kier alpha value is -4.00. The number of benzene rings is 2. The van der Waals surface area contributed by atoms with Gasteiger partial charge in [0.1, 0.15) is 17.3 Å². The number of rotatable bonds is 6. The smallest absolute Gasteiger partial charge is 0.245 e. The summed E-state index contributed by atoms with van der Waals surface area (Å²) in [5.74, 6) is 0.461. The fourth-order valence-electron chi connectivity index (χ4n) is 4.03. The minimum atomic E-state index is -0.512. The van der Waals surface area contributed by atoms with Crippen LogP contribution in [0.5, 0.6) is 11.5 Å². The number of ether oxygens (including phenoxy) is 1. The Labute approximate surface area is 192 Å². The molecule has 1 aliphatic heterocycles. The zero-order chi connectivity index (χ0) is 23.4. The third kappa shape index (κ3) is 4.77. The number of hydrogen-bond donors (Lipinski definition) is 2. The molecule has 3 aromatic rings. The second-order valence-corrected chi connectivity index (χ2v) is 7.90. The number of anilines is 1. The number of carbonyl (C=O) groups is 1. The van der Waals surface area contributed by atoms with Crippen molar-refractivity contribution in [1.29, 1.82) is 5.41 Å². The minimum Gasteiger partial charge on any atom is -0.457 e. The normalized spacial score (nSPS) is 14.0. The van der Waals surface area contributed by atoms with E-state index in [1.807, 2.05) is 18.2 Å². The van der Waals surface area contributed by atoms with E-state index in [1.54, 1.807) is 35.2 Å². The van der Waals surface area contributed by atoms with Crippen molar-refractivity contribution in [3.8, 4) is 22.8 Å². The zero-order valence-electron chi connectivity index (χ0n) is 18.1. The number of amides is 1. The van der Waals surface area contributed by atoms with E-state index in [1.165, 1.54) is 12.1 Å². The molecule has 1 aromatic heterocycles. The van der Waals surface area contributed by atoms with E-state index in [9.17, 15) is 4.79 Å².